The van der Waals surface area contributed by atoms with Gasteiger partial charge in [0.25, 0.3) is 0 Å². The molecule has 98 valence electrons. The highest BCUT2D eigenvalue weighted by Gasteiger charge is 1.93. The molecule has 0 aliphatic heterocycles. The lowest BCUT2D eigenvalue weighted by Gasteiger charge is -2.05. The Kier molecular flexibility index (Phi) is 9.29. The van der Waals surface area contributed by atoms with Crippen LogP contribution in [0.5, 0.6) is 0 Å². The molecule has 1 aromatic rings. The number of unbranched alkanes of at least 4 members (excludes halogenated alkanes) is 3. The number of ether oxygens (including phenoxy) is 1. The monoisotopic (exact) mass is 255 g/mol. The smallest absolute Gasteiger partial charge is 0.0590 e. The summed E-state index contributed by atoms with van der Waals surface area (Å²) in [6.07, 6.45) is 6.28. The molecule has 0 spiro atoms. The van der Waals surface area contributed by atoms with E-state index in [1.54, 1.807) is 0 Å². The number of nitrogens with one attached hydrogen (secondary N) is 1. The third kappa shape index (κ3) is 8.36. The highest BCUT2D eigenvalue weighted by atomic mass is 32.1. The van der Waals surface area contributed by atoms with Crippen LogP contribution in [0.4, 0.5) is 0 Å². The van der Waals surface area contributed by atoms with E-state index in [1.807, 2.05) is 11.3 Å². The molecule has 0 aliphatic carbocycles. The van der Waals surface area contributed by atoms with Crippen LogP contribution >= 0.6 is 11.3 Å². The SMILES string of the molecule is CCCCCCOCCNCCc1cccs1. The Morgan fingerprint density at radius 1 is 1.18 bits per heavy atom. The Hall–Kier alpha value is -0.380. The van der Waals surface area contributed by atoms with Gasteiger partial charge in [0.1, 0.15) is 0 Å². The Bertz CT molecular complexity index is 249. The van der Waals surface area contributed by atoms with Gasteiger partial charge in [-0.15, -0.1) is 11.3 Å². The minimum Gasteiger partial charge on any atom is -0.380 e. The average molecular weight is 255 g/mol. The molecule has 2 nitrogen and oxygen atoms in total. The van der Waals surface area contributed by atoms with Gasteiger partial charge in [-0.2, -0.15) is 0 Å². The molecule has 0 fully saturated rings. The lowest BCUT2D eigenvalue weighted by atomic mass is 10.2. The van der Waals surface area contributed by atoms with Crippen molar-refractivity contribution in [3.05, 3.63) is 22.4 Å². The molecule has 17 heavy (non-hydrogen) atoms. The topological polar surface area (TPSA) is 21.3 Å². The lowest BCUT2D eigenvalue weighted by Crippen LogP contribution is -2.22. The average Bonchev–Trinajstić information content (AvgIpc) is 2.85. The summed E-state index contributed by atoms with van der Waals surface area (Å²) in [4.78, 5) is 1.46. The number of thiophene rings is 1. The zero-order valence-electron chi connectivity index (χ0n) is 10.9. The van der Waals surface area contributed by atoms with Gasteiger partial charge in [-0.3, -0.25) is 0 Å². The van der Waals surface area contributed by atoms with Crippen molar-refractivity contribution in [2.45, 2.75) is 39.0 Å². The molecular weight excluding hydrogens is 230 g/mol. The second kappa shape index (κ2) is 10.8. The van der Waals surface area contributed by atoms with Crippen molar-refractivity contribution in [1.29, 1.82) is 0 Å². The van der Waals surface area contributed by atoms with Crippen molar-refractivity contribution in [1.82, 2.24) is 5.32 Å². The number of hydrogen-bond donors (Lipinski definition) is 1. The van der Waals surface area contributed by atoms with Crippen molar-refractivity contribution < 1.29 is 4.74 Å². The summed E-state index contributed by atoms with van der Waals surface area (Å²) in [6, 6.07) is 4.30. The molecule has 0 saturated heterocycles. The Labute approximate surface area is 109 Å². The van der Waals surface area contributed by atoms with Gasteiger partial charge in [-0.05, 0) is 24.3 Å². The van der Waals surface area contributed by atoms with E-state index in [0.29, 0.717) is 0 Å². The van der Waals surface area contributed by atoms with E-state index in [9.17, 15) is 0 Å². The summed E-state index contributed by atoms with van der Waals surface area (Å²) in [5, 5.41) is 5.54. The Morgan fingerprint density at radius 2 is 2.12 bits per heavy atom. The lowest BCUT2D eigenvalue weighted by molar-refractivity contribution is 0.132. The van der Waals surface area contributed by atoms with E-state index in [4.69, 9.17) is 4.74 Å². The van der Waals surface area contributed by atoms with E-state index in [-0.39, 0.29) is 0 Å². The fourth-order valence-electron chi connectivity index (χ4n) is 1.67. The van der Waals surface area contributed by atoms with Gasteiger partial charge < -0.3 is 10.1 Å². The van der Waals surface area contributed by atoms with Gasteiger partial charge in [0.05, 0.1) is 6.61 Å². The van der Waals surface area contributed by atoms with E-state index >= 15 is 0 Å². The van der Waals surface area contributed by atoms with Gasteiger partial charge in [0, 0.05) is 24.6 Å². The van der Waals surface area contributed by atoms with Crippen molar-refractivity contribution in [3.8, 4) is 0 Å². The summed E-state index contributed by atoms with van der Waals surface area (Å²) >= 11 is 1.83. The fourth-order valence-corrected chi connectivity index (χ4v) is 2.38. The first kappa shape index (κ1) is 14.7. The number of rotatable bonds is 11. The maximum Gasteiger partial charge on any atom is 0.0590 e. The van der Waals surface area contributed by atoms with Gasteiger partial charge in [0.15, 0.2) is 0 Å². The molecule has 0 amide bonds. The van der Waals surface area contributed by atoms with Crippen molar-refractivity contribution in [3.63, 3.8) is 0 Å². The van der Waals surface area contributed by atoms with Gasteiger partial charge in [-0.25, -0.2) is 0 Å². The molecule has 3 heteroatoms. The maximum absolute atomic E-state index is 5.56. The van der Waals surface area contributed by atoms with Crippen LogP contribution in [0.1, 0.15) is 37.5 Å². The summed E-state index contributed by atoms with van der Waals surface area (Å²) < 4.78 is 5.56. The third-order valence-corrected chi connectivity index (χ3v) is 3.63. The van der Waals surface area contributed by atoms with Crippen molar-refractivity contribution >= 4 is 11.3 Å². The molecule has 1 aromatic heterocycles. The van der Waals surface area contributed by atoms with Crippen LogP contribution in [0, 0.1) is 0 Å². The largest absolute Gasteiger partial charge is 0.380 e. The summed E-state index contributed by atoms with van der Waals surface area (Å²) in [7, 11) is 0. The van der Waals surface area contributed by atoms with E-state index in [2.05, 4.69) is 29.8 Å². The van der Waals surface area contributed by atoms with Gasteiger partial charge in [0.2, 0.25) is 0 Å². The van der Waals surface area contributed by atoms with E-state index < -0.39 is 0 Å². The summed E-state index contributed by atoms with van der Waals surface area (Å²) in [5.74, 6) is 0. The first-order valence-corrected chi connectivity index (χ1v) is 7.62. The molecule has 0 unspecified atom stereocenters. The predicted molar refractivity (Wildman–Crippen MR) is 75.9 cm³/mol. The van der Waals surface area contributed by atoms with Crippen molar-refractivity contribution in [2.75, 3.05) is 26.3 Å². The third-order valence-electron chi connectivity index (χ3n) is 2.69. The van der Waals surface area contributed by atoms with E-state index in [1.165, 1.54) is 30.6 Å². The zero-order chi connectivity index (χ0) is 12.2. The molecular formula is C14H25NOS. The minimum atomic E-state index is 0.844. The minimum absolute atomic E-state index is 0.844. The molecule has 0 atom stereocenters. The highest BCUT2D eigenvalue weighted by molar-refractivity contribution is 7.09. The van der Waals surface area contributed by atoms with Crippen LogP contribution < -0.4 is 5.32 Å². The first-order chi connectivity index (χ1) is 8.43. The van der Waals surface area contributed by atoms with Crippen LogP contribution in [0.15, 0.2) is 17.5 Å². The second-order valence-electron chi connectivity index (χ2n) is 4.25. The zero-order valence-corrected chi connectivity index (χ0v) is 11.7. The number of hydrogen-bond acceptors (Lipinski definition) is 3. The van der Waals surface area contributed by atoms with Gasteiger partial charge in [-0.1, -0.05) is 32.3 Å². The van der Waals surface area contributed by atoms with Gasteiger partial charge >= 0.3 is 0 Å². The van der Waals surface area contributed by atoms with Crippen LogP contribution in [-0.4, -0.2) is 26.3 Å². The summed E-state index contributed by atoms with van der Waals surface area (Å²) in [6.45, 7) is 6.03. The normalized spacial score (nSPS) is 10.9. The molecule has 1 heterocycles. The first-order valence-electron chi connectivity index (χ1n) is 6.74. The molecule has 1 N–H and O–H groups in total. The van der Waals surface area contributed by atoms with Crippen molar-refractivity contribution in [2.24, 2.45) is 0 Å². The van der Waals surface area contributed by atoms with Crippen LogP contribution in [-0.2, 0) is 11.2 Å². The predicted octanol–water partition coefficient (Wildman–Crippen LogP) is 3.48. The fraction of sp³-hybridized carbons (Fsp3) is 0.714. The molecule has 0 aliphatic rings. The molecule has 0 radical (unpaired) electrons. The quantitative estimate of drug-likeness (QED) is 0.611. The Balaban J connectivity index is 1.76. The maximum atomic E-state index is 5.56. The molecule has 0 aromatic carbocycles. The highest BCUT2D eigenvalue weighted by Crippen LogP contribution is 2.07. The Morgan fingerprint density at radius 3 is 2.88 bits per heavy atom. The molecule has 1 rings (SSSR count). The van der Waals surface area contributed by atoms with Crippen LogP contribution in [0.3, 0.4) is 0 Å². The standard InChI is InChI=1S/C14H25NOS/c1-2-3-4-5-11-16-12-10-15-9-8-14-7-6-13-17-14/h6-7,13,15H,2-5,8-12H2,1H3. The second-order valence-corrected chi connectivity index (χ2v) is 5.28. The molecule has 0 saturated carbocycles. The van der Waals surface area contributed by atoms with Crippen LogP contribution in [0.2, 0.25) is 0 Å². The molecule has 0 bridgehead atoms. The van der Waals surface area contributed by atoms with Crippen LogP contribution in [0.25, 0.3) is 0 Å². The van der Waals surface area contributed by atoms with E-state index in [0.717, 1.165) is 32.7 Å². The summed E-state index contributed by atoms with van der Waals surface area (Å²) in [5.41, 5.74) is 0.